The average Bonchev–Trinajstić information content (AvgIpc) is 3.17. The van der Waals surface area contributed by atoms with Crippen molar-refractivity contribution in [3.05, 3.63) is 34.5 Å². The summed E-state index contributed by atoms with van der Waals surface area (Å²) in [4.78, 5) is 22.7. The van der Waals surface area contributed by atoms with Crippen molar-refractivity contribution < 1.29 is 0 Å². The third-order valence-electron chi connectivity index (χ3n) is 4.79. The topological polar surface area (TPSA) is 81.6 Å². The van der Waals surface area contributed by atoms with Gasteiger partial charge in [-0.1, -0.05) is 0 Å². The smallest absolute Gasteiger partial charge is 0.225 e. The molecule has 2 aromatic heterocycles. The minimum atomic E-state index is 0.827. The molecule has 8 nitrogen and oxygen atoms in total. The Labute approximate surface area is 177 Å². The van der Waals surface area contributed by atoms with Crippen LogP contribution in [0.2, 0.25) is 0 Å². The van der Waals surface area contributed by atoms with E-state index >= 15 is 0 Å². The van der Waals surface area contributed by atoms with Crippen LogP contribution in [-0.4, -0.2) is 78.2 Å². The zero-order valence-electron chi connectivity index (χ0n) is 17.5. The van der Waals surface area contributed by atoms with Crippen molar-refractivity contribution in [1.82, 2.24) is 30.5 Å². The molecule has 0 saturated carbocycles. The standard InChI is InChI=1S/C20H32N8S/c1-3-21-19(23-10-6-18-16-29-17(2)26-18)22-9-5-11-27-12-14-28(15-13-27)20-24-7-4-8-25-20/h4,7-8,16H,3,5-6,9-15H2,1-2H3,(H2,21,22,23). The van der Waals surface area contributed by atoms with Gasteiger partial charge in [-0.2, -0.15) is 0 Å². The number of anilines is 1. The molecule has 3 rings (SSSR count). The van der Waals surface area contributed by atoms with E-state index in [9.17, 15) is 0 Å². The summed E-state index contributed by atoms with van der Waals surface area (Å²) in [5.41, 5.74) is 1.15. The highest BCUT2D eigenvalue weighted by atomic mass is 32.1. The largest absolute Gasteiger partial charge is 0.357 e. The number of piperazine rings is 1. The first-order chi connectivity index (χ1) is 14.2. The highest BCUT2D eigenvalue weighted by Crippen LogP contribution is 2.10. The number of nitrogens with zero attached hydrogens (tertiary/aromatic N) is 6. The Morgan fingerprint density at radius 2 is 1.97 bits per heavy atom. The number of thiazole rings is 1. The molecule has 0 spiro atoms. The number of hydrogen-bond donors (Lipinski definition) is 2. The molecule has 29 heavy (non-hydrogen) atoms. The van der Waals surface area contributed by atoms with Crippen molar-refractivity contribution in [3.63, 3.8) is 0 Å². The van der Waals surface area contributed by atoms with Crippen molar-refractivity contribution in [1.29, 1.82) is 0 Å². The van der Waals surface area contributed by atoms with E-state index in [1.165, 1.54) is 0 Å². The second-order valence-electron chi connectivity index (χ2n) is 7.03. The van der Waals surface area contributed by atoms with Crippen LogP contribution in [0.15, 0.2) is 28.8 Å². The van der Waals surface area contributed by atoms with Crippen LogP contribution in [0.5, 0.6) is 0 Å². The summed E-state index contributed by atoms with van der Waals surface area (Å²) in [6.45, 7) is 11.8. The van der Waals surface area contributed by atoms with E-state index in [1.807, 2.05) is 13.0 Å². The fourth-order valence-electron chi connectivity index (χ4n) is 3.28. The maximum Gasteiger partial charge on any atom is 0.225 e. The van der Waals surface area contributed by atoms with E-state index in [0.717, 1.165) is 87.8 Å². The summed E-state index contributed by atoms with van der Waals surface area (Å²) < 4.78 is 0. The predicted molar refractivity (Wildman–Crippen MR) is 120 cm³/mol. The van der Waals surface area contributed by atoms with E-state index in [4.69, 9.17) is 4.99 Å². The lowest BCUT2D eigenvalue weighted by molar-refractivity contribution is 0.255. The van der Waals surface area contributed by atoms with Crippen LogP contribution in [0.25, 0.3) is 0 Å². The van der Waals surface area contributed by atoms with Crippen molar-refractivity contribution in [2.45, 2.75) is 26.7 Å². The molecule has 0 amide bonds. The second-order valence-corrected chi connectivity index (χ2v) is 8.09. The fraction of sp³-hybridized carbons (Fsp3) is 0.600. The molecule has 3 heterocycles. The van der Waals surface area contributed by atoms with Gasteiger partial charge in [-0.25, -0.2) is 15.0 Å². The van der Waals surface area contributed by atoms with Crippen molar-refractivity contribution in [2.75, 3.05) is 57.3 Å². The number of aliphatic imine (C=N–C) groups is 1. The fourth-order valence-corrected chi connectivity index (χ4v) is 3.93. The summed E-state index contributed by atoms with van der Waals surface area (Å²) in [6, 6.07) is 1.86. The van der Waals surface area contributed by atoms with E-state index < -0.39 is 0 Å². The van der Waals surface area contributed by atoms with Gasteiger partial charge in [0.25, 0.3) is 0 Å². The van der Waals surface area contributed by atoms with Gasteiger partial charge in [-0.05, 0) is 26.3 Å². The average molecular weight is 417 g/mol. The zero-order valence-corrected chi connectivity index (χ0v) is 18.3. The number of aryl methyl sites for hydroxylation is 1. The van der Waals surface area contributed by atoms with Gasteiger partial charge in [0.2, 0.25) is 5.95 Å². The first kappa shape index (κ1) is 21.4. The third kappa shape index (κ3) is 7.25. The van der Waals surface area contributed by atoms with E-state index in [-0.39, 0.29) is 0 Å². The van der Waals surface area contributed by atoms with Crippen LogP contribution in [-0.2, 0) is 6.42 Å². The monoisotopic (exact) mass is 416 g/mol. The maximum atomic E-state index is 4.72. The second kappa shape index (κ2) is 11.7. The molecule has 0 radical (unpaired) electrons. The highest BCUT2D eigenvalue weighted by Gasteiger charge is 2.18. The third-order valence-corrected chi connectivity index (χ3v) is 5.62. The SMILES string of the molecule is CCNC(=NCCCN1CCN(c2ncccn2)CC1)NCCc1csc(C)n1. The molecule has 0 aliphatic carbocycles. The minimum Gasteiger partial charge on any atom is -0.357 e. The van der Waals surface area contributed by atoms with Crippen LogP contribution in [0, 0.1) is 6.92 Å². The summed E-state index contributed by atoms with van der Waals surface area (Å²) in [5.74, 6) is 1.73. The van der Waals surface area contributed by atoms with Gasteiger partial charge in [0.15, 0.2) is 5.96 Å². The Balaban J connectivity index is 1.33. The maximum absolute atomic E-state index is 4.72. The van der Waals surface area contributed by atoms with Crippen molar-refractivity contribution in [2.24, 2.45) is 4.99 Å². The van der Waals surface area contributed by atoms with E-state index in [0.29, 0.717) is 0 Å². The Hall–Kier alpha value is -2.26. The number of rotatable bonds is 9. The van der Waals surface area contributed by atoms with Gasteiger partial charge in [0, 0.05) is 76.6 Å². The van der Waals surface area contributed by atoms with Gasteiger partial charge < -0.3 is 15.5 Å². The van der Waals surface area contributed by atoms with E-state index in [1.54, 1.807) is 23.7 Å². The molecule has 1 aliphatic rings. The quantitative estimate of drug-likeness (QED) is 0.365. The Morgan fingerprint density at radius 3 is 2.66 bits per heavy atom. The first-order valence-electron chi connectivity index (χ1n) is 10.4. The first-order valence-corrected chi connectivity index (χ1v) is 11.3. The Kier molecular flexibility index (Phi) is 8.63. The number of hydrogen-bond acceptors (Lipinski definition) is 7. The lowest BCUT2D eigenvalue weighted by Gasteiger charge is -2.34. The molecule has 0 aromatic carbocycles. The van der Waals surface area contributed by atoms with Gasteiger partial charge in [-0.3, -0.25) is 9.89 Å². The number of guanidine groups is 1. The highest BCUT2D eigenvalue weighted by molar-refractivity contribution is 7.09. The minimum absolute atomic E-state index is 0.827. The predicted octanol–water partition coefficient (Wildman–Crippen LogP) is 1.55. The van der Waals surface area contributed by atoms with E-state index in [2.05, 4.69) is 47.7 Å². The lowest BCUT2D eigenvalue weighted by Crippen LogP contribution is -2.47. The lowest BCUT2D eigenvalue weighted by atomic mass is 10.3. The van der Waals surface area contributed by atoms with Crippen molar-refractivity contribution >= 4 is 23.2 Å². The van der Waals surface area contributed by atoms with Gasteiger partial charge in [0.05, 0.1) is 10.7 Å². The molecule has 2 aromatic rings. The van der Waals surface area contributed by atoms with Crippen LogP contribution in [0.3, 0.4) is 0 Å². The molecule has 9 heteroatoms. The molecule has 2 N–H and O–H groups in total. The van der Waals surface area contributed by atoms with Crippen LogP contribution < -0.4 is 15.5 Å². The van der Waals surface area contributed by atoms with Crippen LogP contribution in [0.4, 0.5) is 5.95 Å². The van der Waals surface area contributed by atoms with Gasteiger partial charge >= 0.3 is 0 Å². The molecule has 1 saturated heterocycles. The molecule has 1 aliphatic heterocycles. The van der Waals surface area contributed by atoms with Crippen LogP contribution >= 0.6 is 11.3 Å². The summed E-state index contributed by atoms with van der Waals surface area (Å²) >= 11 is 1.70. The Morgan fingerprint density at radius 1 is 1.17 bits per heavy atom. The summed E-state index contributed by atoms with van der Waals surface area (Å²) in [5, 5.41) is 9.99. The van der Waals surface area contributed by atoms with Gasteiger partial charge in [-0.15, -0.1) is 11.3 Å². The molecular formula is C20H32N8S. The number of nitrogens with one attached hydrogen (secondary N) is 2. The molecule has 0 bridgehead atoms. The number of aromatic nitrogens is 3. The van der Waals surface area contributed by atoms with Gasteiger partial charge in [0.1, 0.15) is 0 Å². The van der Waals surface area contributed by atoms with Crippen molar-refractivity contribution in [3.8, 4) is 0 Å². The summed E-state index contributed by atoms with van der Waals surface area (Å²) in [7, 11) is 0. The molecule has 0 atom stereocenters. The molecule has 1 fully saturated rings. The normalized spacial score (nSPS) is 15.5. The molecule has 0 unspecified atom stereocenters. The Bertz CT molecular complexity index is 740. The van der Waals surface area contributed by atoms with Crippen LogP contribution in [0.1, 0.15) is 24.0 Å². The summed E-state index contributed by atoms with van der Waals surface area (Å²) in [6.07, 6.45) is 5.59. The zero-order chi connectivity index (χ0) is 20.3. The molecular weight excluding hydrogens is 384 g/mol. The molecule has 158 valence electrons.